The van der Waals surface area contributed by atoms with Gasteiger partial charge in [-0.05, 0) is 58.6 Å². The molecule has 0 fully saturated rings. The molecule has 0 amide bonds. The predicted molar refractivity (Wildman–Crippen MR) is 75.5 cm³/mol. The fourth-order valence-electron chi connectivity index (χ4n) is 1.78. The lowest BCUT2D eigenvalue weighted by molar-refractivity contribution is 0.789. The number of aromatic nitrogens is 4. The average molecular weight is 271 g/mol. The van der Waals surface area contributed by atoms with E-state index in [0.717, 1.165) is 17.9 Å². The van der Waals surface area contributed by atoms with E-state index < -0.39 is 0 Å². The Morgan fingerprint density at radius 3 is 2.68 bits per heavy atom. The minimum Gasteiger partial charge on any atom is -0.380 e. The molecule has 3 rings (SSSR count). The molecular formula is C13H13N5S. The van der Waals surface area contributed by atoms with E-state index in [0.29, 0.717) is 0 Å². The first-order chi connectivity index (χ1) is 9.33. The number of hydrogen-bond acceptors (Lipinski definition) is 5. The molecule has 6 heteroatoms. The highest BCUT2D eigenvalue weighted by Gasteiger charge is 2.01. The van der Waals surface area contributed by atoms with Gasteiger partial charge in [-0.1, -0.05) is 0 Å². The maximum absolute atomic E-state index is 3.85. The molecule has 0 bridgehead atoms. The lowest BCUT2D eigenvalue weighted by Gasteiger charge is -2.07. The molecule has 3 aromatic rings. The number of aryl methyl sites for hydroxylation is 1. The van der Waals surface area contributed by atoms with Crippen molar-refractivity contribution in [2.45, 2.75) is 13.5 Å². The van der Waals surface area contributed by atoms with E-state index in [1.807, 2.05) is 24.3 Å². The molecule has 0 saturated heterocycles. The van der Waals surface area contributed by atoms with Crippen LogP contribution in [0.15, 0.2) is 42.0 Å². The summed E-state index contributed by atoms with van der Waals surface area (Å²) in [5.74, 6) is 0. The van der Waals surface area contributed by atoms with Gasteiger partial charge in [-0.2, -0.15) is 0 Å². The zero-order valence-corrected chi connectivity index (χ0v) is 11.3. The maximum atomic E-state index is 3.85. The van der Waals surface area contributed by atoms with E-state index in [1.165, 1.54) is 10.4 Å². The van der Waals surface area contributed by atoms with Crippen LogP contribution in [0.5, 0.6) is 0 Å². The van der Waals surface area contributed by atoms with Gasteiger partial charge in [0, 0.05) is 17.1 Å². The maximum Gasteiger partial charge on any atom is 0.143 e. The molecule has 0 aliphatic heterocycles. The normalized spacial score (nSPS) is 10.6. The molecule has 1 aromatic carbocycles. The van der Waals surface area contributed by atoms with E-state index >= 15 is 0 Å². The first kappa shape index (κ1) is 11.9. The molecule has 0 aliphatic rings. The Bertz CT molecular complexity index is 642. The zero-order chi connectivity index (χ0) is 13.1. The monoisotopic (exact) mass is 271 g/mol. The van der Waals surface area contributed by atoms with E-state index in [1.54, 1.807) is 22.3 Å². The standard InChI is InChI=1S/C13H13N5S/c1-10-6-7-19-13(10)8-14-11-2-4-12(5-3-11)18-9-15-16-17-18/h2-7,9,14H,8H2,1H3. The first-order valence-corrected chi connectivity index (χ1v) is 6.81. The average Bonchev–Trinajstić information content (AvgIpc) is 3.09. The van der Waals surface area contributed by atoms with Crippen LogP contribution in [0.2, 0.25) is 0 Å². The molecule has 0 aliphatic carbocycles. The number of tetrazole rings is 1. The second-order valence-corrected chi connectivity index (χ2v) is 5.18. The van der Waals surface area contributed by atoms with Crippen molar-refractivity contribution in [3.63, 3.8) is 0 Å². The van der Waals surface area contributed by atoms with E-state index in [9.17, 15) is 0 Å². The van der Waals surface area contributed by atoms with Crippen molar-refractivity contribution < 1.29 is 0 Å². The lowest BCUT2D eigenvalue weighted by atomic mass is 10.2. The number of hydrogen-bond donors (Lipinski definition) is 1. The van der Waals surface area contributed by atoms with Crippen molar-refractivity contribution in [1.82, 2.24) is 20.2 Å². The van der Waals surface area contributed by atoms with Crippen molar-refractivity contribution in [2.24, 2.45) is 0 Å². The van der Waals surface area contributed by atoms with Gasteiger partial charge in [0.25, 0.3) is 0 Å². The Labute approximate surface area is 114 Å². The van der Waals surface area contributed by atoms with Crippen molar-refractivity contribution in [2.75, 3.05) is 5.32 Å². The number of thiophene rings is 1. The second kappa shape index (κ2) is 5.19. The van der Waals surface area contributed by atoms with Crippen LogP contribution in [-0.2, 0) is 6.54 Å². The van der Waals surface area contributed by atoms with Crippen molar-refractivity contribution in [3.05, 3.63) is 52.5 Å². The summed E-state index contributed by atoms with van der Waals surface area (Å²) in [6.45, 7) is 2.99. The molecule has 5 nitrogen and oxygen atoms in total. The van der Waals surface area contributed by atoms with Crippen LogP contribution in [0.1, 0.15) is 10.4 Å². The van der Waals surface area contributed by atoms with Crippen LogP contribution >= 0.6 is 11.3 Å². The van der Waals surface area contributed by atoms with E-state index in [4.69, 9.17) is 0 Å². The fraction of sp³-hybridized carbons (Fsp3) is 0.154. The van der Waals surface area contributed by atoms with Crippen molar-refractivity contribution >= 4 is 17.0 Å². The van der Waals surface area contributed by atoms with Crippen molar-refractivity contribution in [3.8, 4) is 5.69 Å². The quantitative estimate of drug-likeness (QED) is 0.792. The number of benzene rings is 1. The third kappa shape index (κ3) is 2.63. The summed E-state index contributed by atoms with van der Waals surface area (Å²) in [7, 11) is 0. The van der Waals surface area contributed by atoms with Gasteiger partial charge >= 0.3 is 0 Å². The molecule has 0 saturated carbocycles. The smallest absolute Gasteiger partial charge is 0.143 e. The third-order valence-corrected chi connectivity index (χ3v) is 3.93. The van der Waals surface area contributed by atoms with Crippen LogP contribution < -0.4 is 5.32 Å². The van der Waals surface area contributed by atoms with Crippen LogP contribution in [0.25, 0.3) is 5.69 Å². The second-order valence-electron chi connectivity index (χ2n) is 4.18. The summed E-state index contributed by atoms with van der Waals surface area (Å²) < 4.78 is 1.63. The van der Waals surface area contributed by atoms with Gasteiger partial charge < -0.3 is 5.32 Å². The van der Waals surface area contributed by atoms with Crippen LogP contribution in [0.3, 0.4) is 0 Å². The molecule has 0 radical (unpaired) electrons. The highest BCUT2D eigenvalue weighted by molar-refractivity contribution is 7.10. The molecule has 0 atom stereocenters. The molecule has 1 N–H and O–H groups in total. The summed E-state index contributed by atoms with van der Waals surface area (Å²) in [6.07, 6.45) is 1.58. The highest BCUT2D eigenvalue weighted by atomic mass is 32.1. The van der Waals surface area contributed by atoms with Crippen LogP contribution in [0.4, 0.5) is 5.69 Å². The van der Waals surface area contributed by atoms with Crippen molar-refractivity contribution in [1.29, 1.82) is 0 Å². The zero-order valence-electron chi connectivity index (χ0n) is 10.4. The first-order valence-electron chi connectivity index (χ1n) is 5.93. The summed E-state index contributed by atoms with van der Waals surface area (Å²) >= 11 is 1.78. The van der Waals surface area contributed by atoms with E-state index in [2.05, 4.69) is 39.2 Å². The van der Waals surface area contributed by atoms with Gasteiger partial charge in [0.2, 0.25) is 0 Å². The number of nitrogens with one attached hydrogen (secondary N) is 1. The SMILES string of the molecule is Cc1ccsc1CNc1ccc(-n2cnnn2)cc1. The summed E-state index contributed by atoms with van der Waals surface area (Å²) in [6, 6.07) is 10.2. The predicted octanol–water partition coefficient (Wildman–Crippen LogP) is 2.64. The molecule has 96 valence electrons. The summed E-state index contributed by atoms with van der Waals surface area (Å²) in [5, 5.41) is 16.6. The van der Waals surface area contributed by atoms with E-state index in [-0.39, 0.29) is 0 Å². The van der Waals surface area contributed by atoms with Gasteiger partial charge in [-0.3, -0.25) is 0 Å². The highest BCUT2D eigenvalue weighted by Crippen LogP contribution is 2.18. The minimum absolute atomic E-state index is 0.855. The fourth-order valence-corrected chi connectivity index (χ4v) is 2.63. The topological polar surface area (TPSA) is 55.6 Å². The third-order valence-electron chi connectivity index (χ3n) is 2.90. The Kier molecular flexibility index (Phi) is 3.24. The summed E-state index contributed by atoms with van der Waals surface area (Å²) in [4.78, 5) is 1.37. The van der Waals surface area contributed by atoms with Gasteiger partial charge in [-0.25, -0.2) is 4.68 Å². The molecule has 19 heavy (non-hydrogen) atoms. The Morgan fingerprint density at radius 1 is 1.21 bits per heavy atom. The number of rotatable bonds is 4. The Morgan fingerprint density at radius 2 is 2.05 bits per heavy atom. The Balaban J connectivity index is 1.68. The van der Waals surface area contributed by atoms with Crippen LogP contribution in [-0.4, -0.2) is 20.2 Å². The minimum atomic E-state index is 0.855. The molecule has 0 spiro atoms. The Hall–Kier alpha value is -2.21. The van der Waals surface area contributed by atoms with Gasteiger partial charge in [-0.15, -0.1) is 16.4 Å². The number of nitrogens with zero attached hydrogens (tertiary/aromatic N) is 4. The van der Waals surface area contributed by atoms with Gasteiger partial charge in [0.15, 0.2) is 0 Å². The van der Waals surface area contributed by atoms with Crippen LogP contribution in [0, 0.1) is 6.92 Å². The summed E-state index contributed by atoms with van der Waals surface area (Å²) in [5.41, 5.74) is 3.37. The molecule has 0 unspecified atom stereocenters. The lowest BCUT2D eigenvalue weighted by Crippen LogP contribution is -2.00. The van der Waals surface area contributed by atoms with Gasteiger partial charge in [0.1, 0.15) is 6.33 Å². The molecule has 2 heterocycles. The van der Waals surface area contributed by atoms with Gasteiger partial charge in [0.05, 0.1) is 5.69 Å². The molecular weight excluding hydrogens is 258 g/mol. The largest absolute Gasteiger partial charge is 0.380 e. The number of anilines is 1. The molecule has 2 aromatic heterocycles.